The van der Waals surface area contributed by atoms with Gasteiger partial charge in [-0.05, 0) is 24.3 Å². The Labute approximate surface area is 140 Å². The molecule has 0 saturated heterocycles. The van der Waals surface area contributed by atoms with E-state index in [0.717, 1.165) is 27.7 Å². The lowest BCUT2D eigenvalue weighted by molar-refractivity contribution is -0.843. The second kappa shape index (κ2) is 6.07. The molecule has 0 aliphatic carbocycles. The molecule has 2 aromatic carbocycles. The molecule has 23 heavy (non-hydrogen) atoms. The minimum Gasteiger partial charge on any atom is -0.633 e. The van der Waals surface area contributed by atoms with Gasteiger partial charge in [-0.3, -0.25) is 0 Å². The Kier molecular flexibility index (Phi) is 4.27. The van der Waals surface area contributed by atoms with E-state index in [1.54, 1.807) is 14.1 Å². The standard InChI is InChI=1S/C18H22N2O2S/c1-14(13-20(2,3)21)12-19-15-8-4-6-10-17(15)23(22)18-11-7-5-9-16(18)19/h4-11,14H,12-13H2,1-3H3. The Hall–Kier alpha value is -1.69. The lowest BCUT2D eigenvalue weighted by Gasteiger charge is -2.39. The van der Waals surface area contributed by atoms with E-state index in [2.05, 4.69) is 11.8 Å². The van der Waals surface area contributed by atoms with Crippen molar-refractivity contribution in [3.05, 3.63) is 53.7 Å². The van der Waals surface area contributed by atoms with E-state index in [1.807, 2.05) is 48.5 Å². The average molecular weight is 330 g/mol. The van der Waals surface area contributed by atoms with Crippen molar-refractivity contribution in [3.63, 3.8) is 0 Å². The van der Waals surface area contributed by atoms with Crippen LogP contribution in [-0.2, 0) is 10.8 Å². The fourth-order valence-electron chi connectivity index (χ4n) is 3.24. The topological polar surface area (TPSA) is 43.4 Å². The van der Waals surface area contributed by atoms with Gasteiger partial charge in [0.2, 0.25) is 0 Å². The summed E-state index contributed by atoms with van der Waals surface area (Å²) in [5.74, 6) is 0.218. The summed E-state index contributed by atoms with van der Waals surface area (Å²) in [4.78, 5) is 3.88. The number of rotatable bonds is 4. The highest BCUT2D eigenvalue weighted by molar-refractivity contribution is 7.85. The number of anilines is 2. The molecular formula is C18H22N2O2S. The first-order valence-corrected chi connectivity index (χ1v) is 8.93. The van der Waals surface area contributed by atoms with E-state index in [4.69, 9.17) is 0 Å². The summed E-state index contributed by atoms with van der Waals surface area (Å²) in [5.41, 5.74) is 1.96. The molecular weight excluding hydrogens is 308 g/mol. The number of hydroxylamine groups is 3. The number of hydrogen-bond acceptors (Lipinski definition) is 3. The summed E-state index contributed by atoms with van der Waals surface area (Å²) in [7, 11) is 2.19. The Bertz CT molecular complexity index is 690. The molecule has 1 heterocycles. The van der Waals surface area contributed by atoms with Crippen LogP contribution in [0.4, 0.5) is 11.4 Å². The molecule has 1 aliphatic heterocycles. The fourth-order valence-corrected chi connectivity index (χ4v) is 4.62. The fraction of sp³-hybridized carbons (Fsp3) is 0.333. The van der Waals surface area contributed by atoms with Crippen LogP contribution in [0.3, 0.4) is 0 Å². The summed E-state index contributed by atoms with van der Waals surface area (Å²) in [6.45, 7) is 3.37. The van der Waals surface area contributed by atoms with Gasteiger partial charge in [-0.2, -0.15) is 0 Å². The van der Waals surface area contributed by atoms with Crippen LogP contribution in [-0.4, -0.2) is 36.0 Å². The average Bonchev–Trinajstić information content (AvgIpc) is 2.50. The monoisotopic (exact) mass is 330 g/mol. The predicted octanol–water partition coefficient (Wildman–Crippen LogP) is 3.52. The second-order valence-electron chi connectivity index (χ2n) is 6.68. The van der Waals surface area contributed by atoms with Gasteiger partial charge in [0.05, 0.1) is 52.6 Å². The van der Waals surface area contributed by atoms with E-state index in [-0.39, 0.29) is 10.6 Å². The van der Waals surface area contributed by atoms with Gasteiger partial charge in [-0.15, -0.1) is 0 Å². The Morgan fingerprint density at radius 2 is 1.52 bits per heavy atom. The van der Waals surface area contributed by atoms with Crippen LogP contribution in [0.15, 0.2) is 58.3 Å². The molecule has 0 radical (unpaired) electrons. The summed E-state index contributed by atoms with van der Waals surface area (Å²) < 4.78 is 12.5. The van der Waals surface area contributed by atoms with E-state index >= 15 is 0 Å². The number of nitrogens with zero attached hydrogens (tertiary/aromatic N) is 2. The van der Waals surface area contributed by atoms with Crippen LogP contribution in [0, 0.1) is 11.1 Å². The van der Waals surface area contributed by atoms with Crippen LogP contribution < -0.4 is 4.90 Å². The molecule has 1 aliphatic rings. The molecule has 0 N–H and O–H groups in total. The second-order valence-corrected chi connectivity index (χ2v) is 8.09. The molecule has 5 heteroatoms. The van der Waals surface area contributed by atoms with Gasteiger partial charge >= 0.3 is 0 Å². The molecule has 0 spiro atoms. The van der Waals surface area contributed by atoms with Gasteiger partial charge in [0.25, 0.3) is 0 Å². The molecule has 2 aromatic rings. The van der Waals surface area contributed by atoms with Gasteiger partial charge in [-0.1, -0.05) is 31.2 Å². The lowest BCUT2D eigenvalue weighted by Crippen LogP contribution is -2.40. The van der Waals surface area contributed by atoms with Crippen molar-refractivity contribution in [2.24, 2.45) is 5.92 Å². The molecule has 1 unspecified atom stereocenters. The van der Waals surface area contributed by atoms with Crippen molar-refractivity contribution < 1.29 is 8.86 Å². The van der Waals surface area contributed by atoms with E-state index < -0.39 is 10.8 Å². The lowest BCUT2D eigenvalue weighted by atomic mass is 10.1. The zero-order chi connectivity index (χ0) is 16.6. The van der Waals surface area contributed by atoms with Crippen molar-refractivity contribution in [2.45, 2.75) is 16.7 Å². The minimum absolute atomic E-state index is 0.218. The first-order valence-electron chi connectivity index (χ1n) is 7.78. The van der Waals surface area contributed by atoms with Crippen molar-refractivity contribution in [1.29, 1.82) is 0 Å². The number of hydrogen-bond donors (Lipinski definition) is 0. The first-order chi connectivity index (χ1) is 10.9. The maximum absolute atomic E-state index is 12.8. The highest BCUT2D eigenvalue weighted by Crippen LogP contribution is 2.42. The molecule has 4 nitrogen and oxygen atoms in total. The largest absolute Gasteiger partial charge is 0.633 e. The van der Waals surface area contributed by atoms with E-state index in [9.17, 15) is 9.42 Å². The molecule has 0 amide bonds. The normalized spacial score (nSPS) is 15.9. The third-order valence-electron chi connectivity index (χ3n) is 3.96. The number of para-hydroxylation sites is 2. The summed E-state index contributed by atoms with van der Waals surface area (Å²) >= 11 is 0. The van der Waals surface area contributed by atoms with Crippen LogP contribution in [0.2, 0.25) is 0 Å². The summed E-state index contributed by atoms with van der Waals surface area (Å²) in [6.07, 6.45) is 0. The minimum atomic E-state index is -1.15. The van der Waals surface area contributed by atoms with Crippen molar-refractivity contribution in [1.82, 2.24) is 0 Å². The maximum Gasteiger partial charge on any atom is 0.0892 e. The number of fused-ring (bicyclic) bond motifs is 2. The van der Waals surface area contributed by atoms with Gasteiger partial charge < -0.3 is 14.8 Å². The molecule has 0 bridgehead atoms. The van der Waals surface area contributed by atoms with Crippen molar-refractivity contribution >= 4 is 22.2 Å². The summed E-state index contributed by atoms with van der Waals surface area (Å²) in [5, 5.41) is 12.0. The third-order valence-corrected chi connectivity index (χ3v) is 5.45. The van der Waals surface area contributed by atoms with Gasteiger partial charge in [0.15, 0.2) is 0 Å². The maximum atomic E-state index is 12.8. The summed E-state index contributed by atoms with van der Waals surface area (Å²) in [6, 6.07) is 15.6. The zero-order valence-electron chi connectivity index (χ0n) is 13.7. The molecule has 0 saturated carbocycles. The number of quaternary nitrogens is 1. The first kappa shape index (κ1) is 16.2. The van der Waals surface area contributed by atoms with Crippen molar-refractivity contribution in [3.8, 4) is 0 Å². The zero-order valence-corrected chi connectivity index (χ0v) is 14.5. The van der Waals surface area contributed by atoms with Gasteiger partial charge in [0.1, 0.15) is 0 Å². The van der Waals surface area contributed by atoms with Crippen LogP contribution in [0.25, 0.3) is 0 Å². The SMILES string of the molecule is CC(CN1c2ccccc2S(=O)c2ccccc21)C[N+](C)(C)[O-]. The molecule has 122 valence electrons. The Morgan fingerprint density at radius 1 is 1.04 bits per heavy atom. The molecule has 1 atom stereocenters. The van der Waals surface area contributed by atoms with Gasteiger partial charge in [0, 0.05) is 12.5 Å². The third kappa shape index (κ3) is 3.32. The highest BCUT2D eigenvalue weighted by Gasteiger charge is 2.29. The van der Waals surface area contributed by atoms with E-state index in [1.165, 1.54) is 0 Å². The Morgan fingerprint density at radius 3 is 2.00 bits per heavy atom. The number of benzene rings is 2. The quantitative estimate of drug-likeness (QED) is 0.636. The van der Waals surface area contributed by atoms with Crippen LogP contribution in [0.1, 0.15) is 6.92 Å². The molecule has 0 fully saturated rings. The van der Waals surface area contributed by atoms with Gasteiger partial charge in [-0.25, -0.2) is 4.21 Å². The highest BCUT2D eigenvalue weighted by atomic mass is 32.2. The Balaban J connectivity index is 2.00. The molecule has 0 aromatic heterocycles. The smallest absolute Gasteiger partial charge is 0.0892 e. The van der Waals surface area contributed by atoms with Crippen molar-refractivity contribution in [2.75, 3.05) is 32.1 Å². The van der Waals surface area contributed by atoms with Crippen LogP contribution in [0.5, 0.6) is 0 Å². The predicted molar refractivity (Wildman–Crippen MR) is 94.1 cm³/mol. The van der Waals surface area contributed by atoms with E-state index in [0.29, 0.717) is 6.54 Å². The van der Waals surface area contributed by atoms with Crippen LogP contribution >= 0.6 is 0 Å². The molecule has 3 rings (SSSR count).